The number of nitrogens with zero attached hydrogens (tertiary/aromatic N) is 2. The maximum absolute atomic E-state index is 12.3. The fraction of sp³-hybridized carbons (Fsp3) is 0.235. The van der Waals surface area contributed by atoms with E-state index in [2.05, 4.69) is 15.4 Å². The number of H-pyrrole nitrogens is 1. The van der Waals surface area contributed by atoms with Crippen molar-refractivity contribution in [2.75, 3.05) is 0 Å². The third-order valence-electron chi connectivity index (χ3n) is 3.41. The fourth-order valence-electron chi connectivity index (χ4n) is 2.17. The number of aromatic amines is 1. The lowest BCUT2D eigenvalue weighted by Crippen LogP contribution is -2.39. The molecular weight excluding hydrogens is 330 g/mol. The Morgan fingerprint density at radius 1 is 1.17 bits per heavy atom. The summed E-state index contributed by atoms with van der Waals surface area (Å²) in [6.45, 7) is 3.43. The highest BCUT2D eigenvalue weighted by molar-refractivity contribution is 6.30. The quantitative estimate of drug-likeness (QED) is 0.716. The number of fused-ring (bicyclic) bond motifs is 1. The summed E-state index contributed by atoms with van der Waals surface area (Å²) in [6.07, 6.45) is 0. The first kappa shape index (κ1) is 16.3. The Morgan fingerprint density at radius 2 is 1.96 bits per heavy atom. The van der Waals surface area contributed by atoms with Crippen molar-refractivity contribution < 1.29 is 14.3 Å². The van der Waals surface area contributed by atoms with Gasteiger partial charge in [0, 0.05) is 5.02 Å². The van der Waals surface area contributed by atoms with Gasteiger partial charge in [-0.2, -0.15) is 15.4 Å². The standard InChI is InChI=1S/C17H16ClN3O3/c1-17(2,24-13-5-3-4-12(18)9-13)16(22)23-10-11-6-7-14-15(8-11)20-21-19-14/h3-9H,10H2,1-2H3,(H,19,20,21). The van der Waals surface area contributed by atoms with Crippen LogP contribution in [0.4, 0.5) is 0 Å². The van der Waals surface area contributed by atoms with Crippen molar-refractivity contribution in [1.29, 1.82) is 0 Å². The van der Waals surface area contributed by atoms with Crippen LogP contribution in [0.15, 0.2) is 42.5 Å². The van der Waals surface area contributed by atoms with E-state index in [0.29, 0.717) is 10.8 Å². The topological polar surface area (TPSA) is 77.1 Å². The van der Waals surface area contributed by atoms with Crippen LogP contribution in [0.2, 0.25) is 5.02 Å². The van der Waals surface area contributed by atoms with Gasteiger partial charge in [-0.3, -0.25) is 0 Å². The highest BCUT2D eigenvalue weighted by atomic mass is 35.5. The predicted octanol–water partition coefficient (Wildman–Crippen LogP) is 3.51. The number of carbonyl (C=O) groups excluding carboxylic acids is 1. The third kappa shape index (κ3) is 3.65. The van der Waals surface area contributed by atoms with Gasteiger partial charge in [0.2, 0.25) is 0 Å². The Balaban J connectivity index is 1.64. The molecule has 0 unspecified atom stereocenters. The number of aromatic nitrogens is 3. The van der Waals surface area contributed by atoms with Crippen LogP contribution < -0.4 is 4.74 Å². The van der Waals surface area contributed by atoms with Gasteiger partial charge in [-0.05, 0) is 49.7 Å². The van der Waals surface area contributed by atoms with Gasteiger partial charge in [0.25, 0.3) is 0 Å². The Morgan fingerprint density at radius 3 is 2.75 bits per heavy atom. The van der Waals surface area contributed by atoms with Crippen molar-refractivity contribution in [2.45, 2.75) is 26.1 Å². The summed E-state index contributed by atoms with van der Waals surface area (Å²) >= 11 is 5.92. The molecule has 3 rings (SSSR count). The average molecular weight is 346 g/mol. The zero-order chi connectivity index (χ0) is 17.2. The number of nitrogens with one attached hydrogen (secondary N) is 1. The molecular formula is C17H16ClN3O3. The minimum Gasteiger partial charge on any atom is -0.476 e. The third-order valence-corrected chi connectivity index (χ3v) is 3.65. The molecule has 0 aliphatic rings. The van der Waals surface area contributed by atoms with Crippen molar-refractivity contribution in [1.82, 2.24) is 15.4 Å². The molecule has 0 amide bonds. The maximum Gasteiger partial charge on any atom is 0.350 e. The van der Waals surface area contributed by atoms with Crippen LogP contribution in [-0.2, 0) is 16.1 Å². The van der Waals surface area contributed by atoms with Crippen molar-refractivity contribution in [2.24, 2.45) is 0 Å². The fourth-order valence-corrected chi connectivity index (χ4v) is 2.35. The largest absolute Gasteiger partial charge is 0.476 e. The molecule has 0 fully saturated rings. The van der Waals surface area contributed by atoms with Crippen LogP contribution in [-0.4, -0.2) is 27.0 Å². The van der Waals surface area contributed by atoms with E-state index in [1.54, 1.807) is 38.1 Å². The number of rotatable bonds is 5. The van der Waals surface area contributed by atoms with Gasteiger partial charge >= 0.3 is 5.97 Å². The van der Waals surface area contributed by atoms with E-state index >= 15 is 0 Å². The average Bonchev–Trinajstić information content (AvgIpc) is 2.99. The summed E-state index contributed by atoms with van der Waals surface area (Å²) in [5.41, 5.74) is 1.17. The zero-order valence-electron chi connectivity index (χ0n) is 13.2. The van der Waals surface area contributed by atoms with Gasteiger partial charge < -0.3 is 9.47 Å². The zero-order valence-corrected chi connectivity index (χ0v) is 14.0. The first-order valence-corrected chi connectivity index (χ1v) is 7.73. The van der Waals surface area contributed by atoms with Crippen molar-refractivity contribution >= 4 is 28.6 Å². The second-order valence-electron chi connectivity index (χ2n) is 5.79. The summed E-state index contributed by atoms with van der Waals surface area (Å²) in [7, 11) is 0. The Kier molecular flexibility index (Phi) is 4.40. The normalized spacial score (nSPS) is 11.5. The van der Waals surface area contributed by atoms with Gasteiger partial charge in [0.05, 0.1) is 0 Å². The molecule has 0 spiro atoms. The van der Waals surface area contributed by atoms with Crippen LogP contribution in [0.1, 0.15) is 19.4 Å². The first-order chi connectivity index (χ1) is 11.4. The smallest absolute Gasteiger partial charge is 0.350 e. The molecule has 1 aromatic heterocycles. The molecule has 124 valence electrons. The SMILES string of the molecule is CC(C)(Oc1cccc(Cl)c1)C(=O)OCc1ccc2n[nH]nc2c1. The molecule has 6 nitrogen and oxygen atoms in total. The molecule has 24 heavy (non-hydrogen) atoms. The maximum atomic E-state index is 12.3. The molecule has 0 saturated heterocycles. The van der Waals surface area contributed by atoms with Gasteiger partial charge in [-0.15, -0.1) is 0 Å². The monoisotopic (exact) mass is 345 g/mol. The van der Waals surface area contributed by atoms with Crippen molar-refractivity contribution in [3.05, 3.63) is 53.1 Å². The van der Waals surface area contributed by atoms with E-state index in [9.17, 15) is 4.79 Å². The number of halogens is 1. The number of esters is 1. The molecule has 1 heterocycles. The Labute approximate surface area is 143 Å². The van der Waals surface area contributed by atoms with Gasteiger partial charge in [0.1, 0.15) is 23.4 Å². The van der Waals surface area contributed by atoms with E-state index in [1.807, 2.05) is 18.2 Å². The molecule has 0 radical (unpaired) electrons. The molecule has 0 bridgehead atoms. The Hall–Kier alpha value is -2.60. The molecule has 2 aromatic carbocycles. The lowest BCUT2D eigenvalue weighted by atomic mass is 10.1. The Bertz CT molecular complexity index is 876. The molecule has 3 aromatic rings. The second kappa shape index (κ2) is 6.49. The lowest BCUT2D eigenvalue weighted by molar-refractivity contribution is -0.160. The van der Waals surface area contributed by atoms with Crippen LogP contribution in [0.3, 0.4) is 0 Å². The lowest BCUT2D eigenvalue weighted by Gasteiger charge is -2.24. The molecule has 0 aliphatic carbocycles. The van der Waals surface area contributed by atoms with Crippen LogP contribution >= 0.6 is 11.6 Å². The summed E-state index contributed by atoms with van der Waals surface area (Å²) in [6, 6.07) is 12.3. The van der Waals surface area contributed by atoms with Crippen molar-refractivity contribution in [3.63, 3.8) is 0 Å². The van der Waals surface area contributed by atoms with E-state index in [1.165, 1.54) is 0 Å². The summed E-state index contributed by atoms with van der Waals surface area (Å²) in [5.74, 6) is 0.0381. The first-order valence-electron chi connectivity index (χ1n) is 7.35. The molecule has 1 N–H and O–H groups in total. The number of ether oxygens (including phenoxy) is 2. The predicted molar refractivity (Wildman–Crippen MR) is 89.8 cm³/mol. The van der Waals surface area contributed by atoms with E-state index in [-0.39, 0.29) is 6.61 Å². The minimum atomic E-state index is -1.14. The highest BCUT2D eigenvalue weighted by Crippen LogP contribution is 2.23. The number of benzene rings is 2. The second-order valence-corrected chi connectivity index (χ2v) is 6.23. The summed E-state index contributed by atoms with van der Waals surface area (Å²) < 4.78 is 11.1. The van der Waals surface area contributed by atoms with Gasteiger partial charge in [-0.1, -0.05) is 23.7 Å². The summed E-state index contributed by atoms with van der Waals surface area (Å²) in [5, 5.41) is 11.1. The number of hydrogen-bond acceptors (Lipinski definition) is 5. The van der Waals surface area contributed by atoms with Gasteiger partial charge in [0.15, 0.2) is 5.60 Å². The molecule has 0 aliphatic heterocycles. The van der Waals surface area contributed by atoms with E-state index in [0.717, 1.165) is 16.6 Å². The van der Waals surface area contributed by atoms with Crippen LogP contribution in [0, 0.1) is 0 Å². The van der Waals surface area contributed by atoms with Crippen LogP contribution in [0.5, 0.6) is 5.75 Å². The number of hydrogen-bond donors (Lipinski definition) is 1. The molecule has 7 heteroatoms. The minimum absolute atomic E-state index is 0.129. The van der Waals surface area contributed by atoms with Gasteiger partial charge in [-0.25, -0.2) is 4.79 Å². The van der Waals surface area contributed by atoms with E-state index < -0.39 is 11.6 Å². The van der Waals surface area contributed by atoms with Crippen molar-refractivity contribution in [3.8, 4) is 5.75 Å². The highest BCUT2D eigenvalue weighted by Gasteiger charge is 2.32. The number of carbonyl (C=O) groups is 1. The molecule has 0 saturated carbocycles. The van der Waals surface area contributed by atoms with E-state index in [4.69, 9.17) is 21.1 Å². The summed E-state index contributed by atoms with van der Waals surface area (Å²) in [4.78, 5) is 12.3. The van der Waals surface area contributed by atoms with Crippen LogP contribution in [0.25, 0.3) is 11.0 Å². The molecule has 0 atom stereocenters.